The van der Waals surface area contributed by atoms with Gasteiger partial charge in [0.05, 0.1) is 18.8 Å². The minimum absolute atomic E-state index is 0.0902. The van der Waals surface area contributed by atoms with Crippen LogP contribution in [0, 0.1) is 0 Å². The zero-order valence-corrected chi connectivity index (χ0v) is 19.5. The molecule has 1 aromatic carbocycles. The quantitative estimate of drug-likeness (QED) is 0.546. The van der Waals surface area contributed by atoms with Gasteiger partial charge in [-0.3, -0.25) is 4.79 Å². The first-order chi connectivity index (χ1) is 16.6. The van der Waals surface area contributed by atoms with Crippen LogP contribution in [0.1, 0.15) is 28.8 Å². The summed E-state index contributed by atoms with van der Waals surface area (Å²) in [7, 11) is 0. The maximum Gasteiger partial charge on any atom is 0.255 e. The maximum atomic E-state index is 12.5. The number of benzene rings is 1. The van der Waals surface area contributed by atoms with Gasteiger partial charge < -0.3 is 30.5 Å². The van der Waals surface area contributed by atoms with E-state index >= 15 is 0 Å². The summed E-state index contributed by atoms with van der Waals surface area (Å²) in [6.45, 7) is 13.6. The van der Waals surface area contributed by atoms with E-state index < -0.39 is 0 Å². The summed E-state index contributed by atoms with van der Waals surface area (Å²) in [5, 5.41) is 9.90. The summed E-state index contributed by atoms with van der Waals surface area (Å²) in [6, 6.07) is 10.5. The molecule has 4 heterocycles. The van der Waals surface area contributed by atoms with Crippen LogP contribution in [-0.4, -0.2) is 61.2 Å². The van der Waals surface area contributed by atoms with Crippen molar-refractivity contribution in [2.24, 2.45) is 0 Å². The van der Waals surface area contributed by atoms with E-state index in [0.717, 1.165) is 75.0 Å². The SMILES string of the molecule is C=CC(=C)N1CCC[C@@H](Nc2cc3c(c(Nc4ccc(N5CCOCC5)cc4)n2)C(=O)NC3)C1. The van der Waals surface area contributed by atoms with Crippen LogP contribution in [0.15, 0.2) is 55.3 Å². The van der Waals surface area contributed by atoms with Gasteiger partial charge in [0.15, 0.2) is 0 Å². The van der Waals surface area contributed by atoms with Crippen LogP contribution in [0.3, 0.4) is 0 Å². The number of pyridine rings is 1. The van der Waals surface area contributed by atoms with Gasteiger partial charge in [-0.05, 0) is 54.8 Å². The molecule has 5 rings (SSSR count). The fourth-order valence-electron chi connectivity index (χ4n) is 4.83. The Morgan fingerprint density at radius 2 is 2.00 bits per heavy atom. The Bertz CT molecular complexity index is 1080. The molecule has 1 atom stereocenters. The number of piperidine rings is 1. The third kappa shape index (κ3) is 4.72. The van der Waals surface area contributed by atoms with Crippen LogP contribution >= 0.6 is 0 Å². The number of anilines is 4. The topological polar surface area (TPSA) is 81.8 Å². The van der Waals surface area contributed by atoms with Crippen molar-refractivity contribution >= 4 is 28.9 Å². The molecule has 0 radical (unpaired) electrons. The van der Waals surface area contributed by atoms with Crippen LogP contribution in [0.4, 0.5) is 23.0 Å². The highest BCUT2D eigenvalue weighted by Gasteiger charge is 2.27. The lowest BCUT2D eigenvalue weighted by atomic mass is 10.0. The van der Waals surface area contributed by atoms with Crippen LogP contribution in [0.5, 0.6) is 0 Å². The molecule has 3 N–H and O–H groups in total. The molecule has 0 aliphatic carbocycles. The summed E-state index contributed by atoms with van der Waals surface area (Å²) >= 11 is 0. The first-order valence-corrected chi connectivity index (χ1v) is 12.0. The van der Waals surface area contributed by atoms with Crippen molar-refractivity contribution in [1.29, 1.82) is 0 Å². The minimum atomic E-state index is -0.0902. The number of likely N-dealkylation sites (tertiary alicyclic amines) is 1. The highest BCUT2D eigenvalue weighted by molar-refractivity contribution is 6.03. The smallest absolute Gasteiger partial charge is 0.255 e. The van der Waals surface area contributed by atoms with Gasteiger partial charge in [-0.1, -0.05) is 13.2 Å². The molecule has 2 saturated heterocycles. The molecule has 0 bridgehead atoms. The van der Waals surface area contributed by atoms with Gasteiger partial charge >= 0.3 is 0 Å². The molecule has 8 nitrogen and oxygen atoms in total. The van der Waals surface area contributed by atoms with Crippen molar-refractivity contribution in [1.82, 2.24) is 15.2 Å². The molecule has 2 fully saturated rings. The van der Waals surface area contributed by atoms with E-state index in [1.807, 2.05) is 18.2 Å². The van der Waals surface area contributed by atoms with Crippen molar-refractivity contribution in [2.75, 3.05) is 54.9 Å². The average Bonchev–Trinajstić information content (AvgIpc) is 3.25. The molecular formula is C26H32N6O2. The summed E-state index contributed by atoms with van der Waals surface area (Å²) < 4.78 is 5.45. The highest BCUT2D eigenvalue weighted by atomic mass is 16.5. The van der Waals surface area contributed by atoms with E-state index in [1.165, 1.54) is 5.69 Å². The molecule has 0 unspecified atom stereocenters. The lowest BCUT2D eigenvalue weighted by molar-refractivity contribution is 0.0966. The van der Waals surface area contributed by atoms with Crippen LogP contribution < -0.4 is 20.9 Å². The van der Waals surface area contributed by atoms with Gasteiger partial charge in [-0.2, -0.15) is 0 Å². The number of morpholine rings is 1. The predicted molar refractivity (Wildman–Crippen MR) is 136 cm³/mol. The number of ether oxygens (including phenoxy) is 1. The Balaban J connectivity index is 1.34. The number of fused-ring (bicyclic) bond motifs is 1. The lowest BCUT2D eigenvalue weighted by Crippen LogP contribution is -2.41. The molecule has 34 heavy (non-hydrogen) atoms. The number of rotatable bonds is 7. The number of nitrogens with zero attached hydrogens (tertiary/aromatic N) is 3. The van der Waals surface area contributed by atoms with Crippen LogP contribution in [-0.2, 0) is 11.3 Å². The van der Waals surface area contributed by atoms with Crippen molar-refractivity contribution in [3.63, 3.8) is 0 Å². The fourth-order valence-corrected chi connectivity index (χ4v) is 4.83. The third-order valence-corrected chi connectivity index (χ3v) is 6.69. The second kappa shape index (κ2) is 9.77. The van der Waals surface area contributed by atoms with Crippen LogP contribution in [0.2, 0.25) is 0 Å². The first-order valence-electron chi connectivity index (χ1n) is 12.0. The monoisotopic (exact) mass is 460 g/mol. The number of allylic oxidation sites excluding steroid dienone is 1. The van der Waals surface area contributed by atoms with E-state index in [2.05, 4.69) is 51.0 Å². The van der Waals surface area contributed by atoms with E-state index in [0.29, 0.717) is 17.9 Å². The third-order valence-electron chi connectivity index (χ3n) is 6.69. The first kappa shape index (κ1) is 22.3. The molecule has 3 aliphatic rings. The number of carbonyl (C=O) groups is 1. The summed E-state index contributed by atoms with van der Waals surface area (Å²) in [5.41, 5.74) is 4.59. The van der Waals surface area contributed by atoms with Crippen molar-refractivity contribution in [3.8, 4) is 0 Å². The molecular weight excluding hydrogens is 428 g/mol. The van der Waals surface area contributed by atoms with Gasteiger partial charge in [0.2, 0.25) is 0 Å². The fraction of sp³-hybridized carbons (Fsp3) is 0.385. The van der Waals surface area contributed by atoms with Gasteiger partial charge in [0.1, 0.15) is 11.6 Å². The van der Waals surface area contributed by atoms with Crippen molar-refractivity contribution in [3.05, 3.63) is 66.4 Å². The molecule has 8 heteroatoms. The number of nitrogens with one attached hydrogen (secondary N) is 3. The molecule has 2 aromatic rings. The molecule has 3 aliphatic heterocycles. The Morgan fingerprint density at radius 3 is 2.76 bits per heavy atom. The van der Waals surface area contributed by atoms with E-state index in [-0.39, 0.29) is 11.9 Å². The summed E-state index contributed by atoms with van der Waals surface area (Å²) in [4.78, 5) is 21.9. The Labute approximate surface area is 200 Å². The lowest BCUT2D eigenvalue weighted by Gasteiger charge is -2.35. The van der Waals surface area contributed by atoms with Gasteiger partial charge in [0.25, 0.3) is 5.91 Å². The molecule has 0 saturated carbocycles. The molecule has 0 spiro atoms. The second-order valence-electron chi connectivity index (χ2n) is 8.97. The zero-order valence-electron chi connectivity index (χ0n) is 19.5. The van der Waals surface area contributed by atoms with Crippen molar-refractivity contribution < 1.29 is 9.53 Å². The number of amides is 1. The van der Waals surface area contributed by atoms with E-state index in [1.54, 1.807) is 6.08 Å². The number of hydrogen-bond acceptors (Lipinski definition) is 7. The predicted octanol–water partition coefficient (Wildman–Crippen LogP) is 3.48. The standard InChI is InChI=1S/C26H32N6O2/c1-3-18(2)32-10-4-5-21(17-32)28-23-15-19-16-27-26(33)24(19)25(30-23)29-20-6-8-22(9-7-20)31-11-13-34-14-12-31/h3,6-9,15,21H,1-2,4-5,10-14,16-17H2,(H,27,33)(H2,28,29,30)/t21-/m1/s1. The zero-order chi connectivity index (χ0) is 23.5. The maximum absolute atomic E-state index is 12.5. The minimum Gasteiger partial charge on any atom is -0.378 e. The normalized spacial score (nSPS) is 19.9. The number of aromatic nitrogens is 1. The second-order valence-corrected chi connectivity index (χ2v) is 8.97. The average molecular weight is 461 g/mol. The Kier molecular flexibility index (Phi) is 6.40. The van der Waals surface area contributed by atoms with Crippen molar-refractivity contribution in [2.45, 2.75) is 25.4 Å². The highest BCUT2D eigenvalue weighted by Crippen LogP contribution is 2.30. The van der Waals surface area contributed by atoms with Crippen LogP contribution in [0.25, 0.3) is 0 Å². The molecule has 178 valence electrons. The Hall–Kier alpha value is -3.52. The van der Waals surface area contributed by atoms with Gasteiger partial charge in [0, 0.05) is 55.8 Å². The molecule has 1 amide bonds. The van der Waals surface area contributed by atoms with Gasteiger partial charge in [-0.15, -0.1) is 0 Å². The molecule has 1 aromatic heterocycles. The summed E-state index contributed by atoms with van der Waals surface area (Å²) in [5.74, 6) is 1.27. The largest absolute Gasteiger partial charge is 0.378 e. The Morgan fingerprint density at radius 1 is 1.21 bits per heavy atom. The summed E-state index contributed by atoms with van der Waals surface area (Å²) in [6.07, 6.45) is 3.94. The van der Waals surface area contributed by atoms with E-state index in [4.69, 9.17) is 9.72 Å². The number of carbonyl (C=O) groups excluding carboxylic acids is 1. The van der Waals surface area contributed by atoms with E-state index in [9.17, 15) is 4.79 Å². The van der Waals surface area contributed by atoms with Gasteiger partial charge in [-0.25, -0.2) is 4.98 Å². The number of hydrogen-bond donors (Lipinski definition) is 3.